The zero-order valence-electron chi connectivity index (χ0n) is 9.41. The van der Waals surface area contributed by atoms with Crippen molar-refractivity contribution in [1.29, 1.82) is 0 Å². The lowest BCUT2D eigenvalue weighted by atomic mass is 10.1. The topological polar surface area (TPSA) is 122 Å². The lowest BCUT2D eigenvalue weighted by Crippen LogP contribution is -2.07. The molecule has 1 aromatic rings. The number of carbonyl (C=O) groups excluding carboxylic acids is 1. The number of rotatable bonds is 4. The second-order valence-electron chi connectivity index (χ2n) is 3.05. The van der Waals surface area contributed by atoms with Gasteiger partial charge in [0.25, 0.3) is 0 Å². The SMILES string of the molecule is COC(=O)c1cc([N+](=O)[O-])c([N+](=O)[O-])cc1OC. The Morgan fingerprint density at radius 3 is 2.00 bits per heavy atom. The Kier molecular flexibility index (Phi) is 3.77. The highest BCUT2D eigenvalue weighted by Gasteiger charge is 2.29. The van der Waals surface area contributed by atoms with Gasteiger partial charge in [-0.25, -0.2) is 4.79 Å². The maximum atomic E-state index is 11.4. The summed E-state index contributed by atoms with van der Waals surface area (Å²) in [5.74, 6) is -1.05. The van der Waals surface area contributed by atoms with E-state index in [1.54, 1.807) is 0 Å². The van der Waals surface area contributed by atoms with E-state index in [1.165, 1.54) is 7.11 Å². The van der Waals surface area contributed by atoms with Gasteiger partial charge >= 0.3 is 17.3 Å². The lowest BCUT2D eigenvalue weighted by molar-refractivity contribution is -0.422. The summed E-state index contributed by atoms with van der Waals surface area (Å²) in [4.78, 5) is 30.8. The molecule has 0 heterocycles. The molecular weight excluding hydrogens is 248 g/mol. The fraction of sp³-hybridized carbons (Fsp3) is 0.222. The third-order valence-corrected chi connectivity index (χ3v) is 2.10. The van der Waals surface area contributed by atoms with Gasteiger partial charge in [-0.3, -0.25) is 20.2 Å². The standard InChI is InChI=1S/C9H8N2O7/c1-17-8-4-7(11(15)16)6(10(13)14)3-5(8)9(12)18-2/h3-4H,1-2H3. The second kappa shape index (κ2) is 5.08. The summed E-state index contributed by atoms with van der Waals surface area (Å²) >= 11 is 0. The van der Waals surface area contributed by atoms with Gasteiger partial charge in [0.05, 0.1) is 30.1 Å². The molecule has 18 heavy (non-hydrogen) atoms. The monoisotopic (exact) mass is 256 g/mol. The summed E-state index contributed by atoms with van der Waals surface area (Å²) in [5.41, 5.74) is -1.82. The lowest BCUT2D eigenvalue weighted by Gasteiger charge is -2.06. The molecule has 0 amide bonds. The van der Waals surface area contributed by atoms with Gasteiger partial charge in [0.2, 0.25) is 0 Å². The Bertz CT molecular complexity index is 526. The van der Waals surface area contributed by atoms with Crippen molar-refractivity contribution in [2.45, 2.75) is 0 Å². The van der Waals surface area contributed by atoms with Crippen LogP contribution in [0.3, 0.4) is 0 Å². The van der Waals surface area contributed by atoms with E-state index in [1.807, 2.05) is 0 Å². The number of esters is 1. The Morgan fingerprint density at radius 1 is 1.11 bits per heavy atom. The first kappa shape index (κ1) is 13.4. The molecule has 0 aromatic heterocycles. The van der Waals surface area contributed by atoms with Crippen LogP contribution in [0.5, 0.6) is 5.75 Å². The van der Waals surface area contributed by atoms with Crippen LogP contribution in [0.1, 0.15) is 10.4 Å². The first-order chi connectivity index (χ1) is 8.42. The molecule has 0 aliphatic heterocycles. The average Bonchev–Trinajstić information content (AvgIpc) is 2.35. The van der Waals surface area contributed by atoms with Gasteiger partial charge in [0, 0.05) is 6.07 Å². The van der Waals surface area contributed by atoms with Crippen molar-refractivity contribution < 1.29 is 24.1 Å². The van der Waals surface area contributed by atoms with Crippen LogP contribution >= 0.6 is 0 Å². The number of ether oxygens (including phenoxy) is 2. The molecule has 0 saturated heterocycles. The Labute approximate surface area is 100 Å². The van der Waals surface area contributed by atoms with Gasteiger partial charge in [-0.1, -0.05) is 0 Å². The Hall–Kier alpha value is -2.71. The number of hydrogen-bond donors (Lipinski definition) is 0. The zero-order chi connectivity index (χ0) is 13.9. The highest BCUT2D eigenvalue weighted by atomic mass is 16.6. The molecule has 0 atom stereocenters. The number of methoxy groups -OCH3 is 2. The molecule has 1 aromatic carbocycles. The summed E-state index contributed by atoms with van der Waals surface area (Å²) in [6.45, 7) is 0. The van der Waals surface area contributed by atoms with Gasteiger partial charge < -0.3 is 9.47 Å². The molecule has 0 radical (unpaired) electrons. The molecule has 0 spiro atoms. The number of nitro groups is 2. The van der Waals surface area contributed by atoms with E-state index in [2.05, 4.69) is 4.74 Å². The van der Waals surface area contributed by atoms with E-state index in [9.17, 15) is 25.0 Å². The minimum Gasteiger partial charge on any atom is -0.496 e. The van der Waals surface area contributed by atoms with Crippen molar-refractivity contribution in [2.75, 3.05) is 14.2 Å². The molecule has 96 valence electrons. The molecule has 0 aliphatic rings. The largest absolute Gasteiger partial charge is 0.496 e. The van der Waals surface area contributed by atoms with E-state index < -0.39 is 27.2 Å². The van der Waals surface area contributed by atoms with Crippen molar-refractivity contribution in [3.05, 3.63) is 37.9 Å². The van der Waals surface area contributed by atoms with E-state index in [0.29, 0.717) is 0 Å². The van der Waals surface area contributed by atoms with Crippen molar-refractivity contribution in [3.63, 3.8) is 0 Å². The highest BCUT2D eigenvalue weighted by Crippen LogP contribution is 2.34. The summed E-state index contributed by atoms with van der Waals surface area (Å²) in [5, 5.41) is 21.4. The van der Waals surface area contributed by atoms with Crippen molar-refractivity contribution in [2.24, 2.45) is 0 Å². The Morgan fingerprint density at radius 2 is 1.61 bits per heavy atom. The maximum absolute atomic E-state index is 11.4. The van der Waals surface area contributed by atoms with Crippen LogP contribution in [0.4, 0.5) is 11.4 Å². The molecule has 9 heteroatoms. The quantitative estimate of drug-likeness (QED) is 0.451. The average molecular weight is 256 g/mol. The number of carbonyl (C=O) groups is 1. The minimum absolute atomic E-state index is 0.167. The van der Waals surface area contributed by atoms with Crippen LogP contribution in [0.15, 0.2) is 12.1 Å². The van der Waals surface area contributed by atoms with Gasteiger partial charge in [-0.2, -0.15) is 0 Å². The van der Waals surface area contributed by atoms with Crippen molar-refractivity contribution >= 4 is 17.3 Å². The molecule has 0 saturated carbocycles. The number of hydrogen-bond acceptors (Lipinski definition) is 7. The number of benzene rings is 1. The van der Waals surface area contributed by atoms with E-state index in [-0.39, 0.29) is 11.3 Å². The van der Waals surface area contributed by atoms with Gasteiger partial charge in [-0.15, -0.1) is 0 Å². The second-order valence-corrected chi connectivity index (χ2v) is 3.05. The number of nitrogens with zero attached hydrogens (tertiary/aromatic N) is 2. The molecule has 0 N–H and O–H groups in total. The molecule has 0 fully saturated rings. The molecule has 0 aliphatic carbocycles. The van der Waals surface area contributed by atoms with Gasteiger partial charge in [-0.05, 0) is 0 Å². The normalized spacial score (nSPS) is 9.67. The third-order valence-electron chi connectivity index (χ3n) is 2.10. The van der Waals surface area contributed by atoms with E-state index in [0.717, 1.165) is 19.2 Å². The van der Waals surface area contributed by atoms with Crippen LogP contribution in [0.25, 0.3) is 0 Å². The molecule has 0 unspecified atom stereocenters. The fourth-order valence-corrected chi connectivity index (χ4v) is 1.29. The predicted molar refractivity (Wildman–Crippen MR) is 57.6 cm³/mol. The highest BCUT2D eigenvalue weighted by molar-refractivity contribution is 5.94. The van der Waals surface area contributed by atoms with Crippen molar-refractivity contribution in [3.8, 4) is 5.75 Å². The van der Waals surface area contributed by atoms with Gasteiger partial charge in [0.1, 0.15) is 11.3 Å². The van der Waals surface area contributed by atoms with Crippen LogP contribution < -0.4 is 4.74 Å². The molecular formula is C9H8N2O7. The molecule has 1 rings (SSSR count). The number of nitro benzene ring substituents is 2. The first-order valence-corrected chi connectivity index (χ1v) is 4.51. The summed E-state index contributed by atoms with van der Waals surface area (Å²) < 4.78 is 9.17. The van der Waals surface area contributed by atoms with Crippen LogP contribution in [0.2, 0.25) is 0 Å². The summed E-state index contributed by atoms with van der Waals surface area (Å²) in [7, 11) is 2.26. The molecule has 9 nitrogen and oxygen atoms in total. The Balaban J connectivity index is 3.56. The van der Waals surface area contributed by atoms with E-state index >= 15 is 0 Å². The predicted octanol–water partition coefficient (Wildman–Crippen LogP) is 1.30. The van der Waals surface area contributed by atoms with Crippen LogP contribution in [-0.2, 0) is 4.74 Å². The summed E-state index contributed by atoms with van der Waals surface area (Å²) in [6, 6.07) is 1.56. The minimum atomic E-state index is -0.954. The smallest absolute Gasteiger partial charge is 0.349 e. The zero-order valence-corrected chi connectivity index (χ0v) is 9.41. The van der Waals surface area contributed by atoms with E-state index in [4.69, 9.17) is 4.74 Å². The maximum Gasteiger partial charge on any atom is 0.349 e. The fourth-order valence-electron chi connectivity index (χ4n) is 1.29. The summed E-state index contributed by atoms with van der Waals surface area (Å²) in [6.07, 6.45) is 0. The van der Waals surface area contributed by atoms with Crippen molar-refractivity contribution in [1.82, 2.24) is 0 Å². The van der Waals surface area contributed by atoms with Crippen LogP contribution in [-0.4, -0.2) is 30.0 Å². The van der Waals surface area contributed by atoms with Gasteiger partial charge in [0.15, 0.2) is 0 Å². The first-order valence-electron chi connectivity index (χ1n) is 4.51. The molecule has 0 bridgehead atoms. The third kappa shape index (κ3) is 2.34. The van der Waals surface area contributed by atoms with Crippen LogP contribution in [0, 0.1) is 20.2 Å².